The van der Waals surface area contributed by atoms with Crippen LogP contribution in [0.3, 0.4) is 0 Å². The highest BCUT2D eigenvalue weighted by atomic mass is 15.6. The van der Waals surface area contributed by atoms with E-state index >= 15 is 0 Å². The lowest BCUT2D eigenvalue weighted by Crippen LogP contribution is -3.17. The molecule has 0 spiro atoms. The normalized spacial score (nSPS) is 23.0. The van der Waals surface area contributed by atoms with Gasteiger partial charge < -0.3 is 0 Å². The van der Waals surface area contributed by atoms with Crippen molar-refractivity contribution in [2.45, 2.75) is 19.3 Å². The number of hydrogen-bond acceptors (Lipinski definition) is 1. The molecule has 2 nitrogen and oxygen atoms in total. The zero-order valence-electron chi connectivity index (χ0n) is 6.48. The molecule has 1 N–H and O–H groups in total. The molecule has 2 heteroatoms. The van der Waals surface area contributed by atoms with Crippen molar-refractivity contribution in [2.24, 2.45) is 0 Å². The Kier molecular flexibility index (Phi) is 2.49. The molecule has 0 amide bonds. The summed E-state index contributed by atoms with van der Waals surface area (Å²) in [7, 11) is 4.31. The quantitative estimate of drug-likeness (QED) is 0.503. The molecule has 0 unspecified atom stereocenters. The third-order valence-corrected chi connectivity index (χ3v) is 2.06. The number of hydrogen-bond donors (Lipinski definition) is 1. The molecule has 9 heavy (non-hydrogen) atoms. The van der Waals surface area contributed by atoms with Crippen LogP contribution in [0.5, 0.6) is 0 Å². The molecule has 1 rings (SSSR count). The van der Waals surface area contributed by atoms with E-state index < -0.39 is 0 Å². The Morgan fingerprint density at radius 1 is 1.00 bits per heavy atom. The second-order valence-electron chi connectivity index (χ2n) is 3.02. The lowest BCUT2D eigenvalue weighted by molar-refractivity contribution is -1.01. The molecular weight excluding hydrogens is 112 g/mol. The van der Waals surface area contributed by atoms with Gasteiger partial charge >= 0.3 is 0 Å². The first kappa shape index (κ1) is 7.03. The number of nitrogens with one attached hydrogen (secondary N) is 1. The molecule has 0 aromatic rings. The van der Waals surface area contributed by atoms with Gasteiger partial charge in [-0.3, -0.25) is 5.01 Å². The van der Waals surface area contributed by atoms with Crippen molar-refractivity contribution >= 4 is 0 Å². The number of nitrogens with zero attached hydrogens (tertiary/aromatic N) is 1. The van der Waals surface area contributed by atoms with E-state index in [0.717, 1.165) is 0 Å². The van der Waals surface area contributed by atoms with Gasteiger partial charge in [-0.05, 0) is 19.3 Å². The molecule has 1 aliphatic heterocycles. The van der Waals surface area contributed by atoms with E-state index in [0.29, 0.717) is 0 Å². The van der Waals surface area contributed by atoms with E-state index in [-0.39, 0.29) is 0 Å². The maximum Gasteiger partial charge on any atom is 0.0947 e. The van der Waals surface area contributed by atoms with Crippen molar-refractivity contribution in [3.8, 4) is 0 Å². The Morgan fingerprint density at radius 2 is 1.56 bits per heavy atom. The number of quaternary nitrogens is 1. The molecule has 0 saturated carbocycles. The maximum atomic E-state index is 2.28. The lowest BCUT2D eigenvalue weighted by Gasteiger charge is -2.27. The summed E-state index contributed by atoms with van der Waals surface area (Å²) in [5.74, 6) is 0. The zero-order chi connectivity index (χ0) is 6.69. The first-order chi connectivity index (χ1) is 4.30. The molecule has 0 bridgehead atoms. The predicted molar refractivity (Wildman–Crippen MR) is 38.2 cm³/mol. The van der Waals surface area contributed by atoms with Crippen LogP contribution < -0.4 is 5.01 Å². The Bertz CT molecular complexity index is 75.0. The zero-order valence-corrected chi connectivity index (χ0v) is 6.48. The monoisotopic (exact) mass is 129 g/mol. The third kappa shape index (κ3) is 1.95. The maximum absolute atomic E-state index is 2.28. The molecule has 0 radical (unpaired) electrons. The summed E-state index contributed by atoms with van der Waals surface area (Å²) in [6.45, 7) is 2.68. The van der Waals surface area contributed by atoms with E-state index in [1.54, 1.807) is 5.01 Å². The Labute approximate surface area is 57.4 Å². The van der Waals surface area contributed by atoms with Crippen LogP contribution in [0, 0.1) is 0 Å². The van der Waals surface area contributed by atoms with E-state index in [1.807, 2.05) is 0 Å². The van der Waals surface area contributed by atoms with Crippen molar-refractivity contribution in [2.75, 3.05) is 27.2 Å². The highest BCUT2D eigenvalue weighted by Crippen LogP contribution is 1.94. The largest absolute Gasteiger partial charge is 0.255 e. The lowest BCUT2D eigenvalue weighted by atomic mass is 10.2. The van der Waals surface area contributed by atoms with Crippen molar-refractivity contribution in [3.05, 3.63) is 0 Å². The molecule has 0 atom stereocenters. The average molecular weight is 129 g/mol. The summed E-state index contributed by atoms with van der Waals surface area (Å²) >= 11 is 0. The summed E-state index contributed by atoms with van der Waals surface area (Å²) in [5, 5.41) is 3.92. The molecule has 0 aromatic heterocycles. The molecule has 1 aliphatic rings. The van der Waals surface area contributed by atoms with Crippen LogP contribution in [0.15, 0.2) is 0 Å². The summed E-state index contributed by atoms with van der Waals surface area (Å²) in [4.78, 5) is 0. The van der Waals surface area contributed by atoms with Gasteiger partial charge in [-0.2, -0.15) is 5.01 Å². The van der Waals surface area contributed by atoms with Gasteiger partial charge in [0.15, 0.2) is 0 Å². The van der Waals surface area contributed by atoms with Crippen molar-refractivity contribution in [1.82, 2.24) is 5.01 Å². The first-order valence-corrected chi connectivity index (χ1v) is 3.83. The van der Waals surface area contributed by atoms with Crippen molar-refractivity contribution in [3.63, 3.8) is 0 Å². The van der Waals surface area contributed by atoms with Crippen LogP contribution in [0.25, 0.3) is 0 Å². The summed E-state index contributed by atoms with van der Waals surface area (Å²) in [6, 6.07) is 0. The second-order valence-corrected chi connectivity index (χ2v) is 3.02. The molecule has 54 valence electrons. The van der Waals surface area contributed by atoms with Crippen LogP contribution >= 0.6 is 0 Å². The van der Waals surface area contributed by atoms with Crippen LogP contribution in [-0.2, 0) is 0 Å². The topological polar surface area (TPSA) is 7.68 Å². The number of piperidine rings is 1. The fourth-order valence-corrected chi connectivity index (χ4v) is 1.41. The molecule has 0 aliphatic carbocycles. The fraction of sp³-hybridized carbons (Fsp3) is 1.00. The van der Waals surface area contributed by atoms with Crippen LogP contribution in [0.2, 0.25) is 0 Å². The van der Waals surface area contributed by atoms with Gasteiger partial charge in [0.05, 0.1) is 13.1 Å². The minimum absolute atomic E-state index is 1.34. The van der Waals surface area contributed by atoms with Crippen LogP contribution in [-0.4, -0.2) is 32.2 Å². The summed E-state index contributed by atoms with van der Waals surface area (Å²) in [6.07, 6.45) is 4.26. The second kappa shape index (κ2) is 3.18. The molecule has 1 fully saturated rings. The minimum Gasteiger partial charge on any atom is -0.255 e. The molecular formula is C7H17N2+. The Balaban J connectivity index is 2.23. The Morgan fingerprint density at radius 3 is 1.89 bits per heavy atom. The third-order valence-electron chi connectivity index (χ3n) is 2.06. The van der Waals surface area contributed by atoms with Gasteiger partial charge in [0.2, 0.25) is 0 Å². The van der Waals surface area contributed by atoms with Gasteiger partial charge in [0.1, 0.15) is 0 Å². The predicted octanol–water partition coefficient (Wildman–Crippen LogP) is -0.468. The summed E-state index contributed by atoms with van der Waals surface area (Å²) < 4.78 is 0. The standard InChI is InChI=1S/C7H16N2/c1-8(2)9-6-4-3-5-7-9/h3-7H2,1-2H3/p+1. The van der Waals surface area contributed by atoms with E-state index in [4.69, 9.17) is 0 Å². The van der Waals surface area contributed by atoms with Gasteiger partial charge in [0, 0.05) is 14.1 Å². The molecule has 1 heterocycles. The highest BCUT2D eigenvalue weighted by molar-refractivity contribution is 4.43. The first-order valence-electron chi connectivity index (χ1n) is 3.83. The van der Waals surface area contributed by atoms with Gasteiger partial charge in [0.25, 0.3) is 0 Å². The molecule has 1 saturated heterocycles. The van der Waals surface area contributed by atoms with Gasteiger partial charge in [-0.1, -0.05) is 0 Å². The minimum atomic E-state index is 1.34. The van der Waals surface area contributed by atoms with Gasteiger partial charge in [-0.15, -0.1) is 0 Å². The van der Waals surface area contributed by atoms with E-state index in [1.165, 1.54) is 32.4 Å². The highest BCUT2D eigenvalue weighted by Gasteiger charge is 2.14. The van der Waals surface area contributed by atoms with Crippen molar-refractivity contribution in [1.29, 1.82) is 0 Å². The van der Waals surface area contributed by atoms with Crippen LogP contribution in [0.1, 0.15) is 19.3 Å². The number of rotatable bonds is 1. The van der Waals surface area contributed by atoms with E-state index in [9.17, 15) is 0 Å². The Hall–Kier alpha value is -0.0800. The average Bonchev–Trinajstić information content (AvgIpc) is 1.90. The van der Waals surface area contributed by atoms with Gasteiger partial charge in [-0.25, -0.2) is 0 Å². The molecule has 0 aromatic carbocycles. The summed E-state index contributed by atoms with van der Waals surface area (Å²) in [5.41, 5.74) is 0. The smallest absolute Gasteiger partial charge is 0.0947 e. The fourth-order valence-electron chi connectivity index (χ4n) is 1.41. The van der Waals surface area contributed by atoms with Crippen molar-refractivity contribution < 1.29 is 5.01 Å². The van der Waals surface area contributed by atoms with Crippen LogP contribution in [0.4, 0.5) is 0 Å². The van der Waals surface area contributed by atoms with E-state index in [2.05, 4.69) is 19.1 Å². The SMILES string of the molecule is CN(C)[NH+]1CCCCC1.